The fourth-order valence-corrected chi connectivity index (χ4v) is 7.42. The van der Waals surface area contributed by atoms with Crippen molar-refractivity contribution >= 4 is 43.6 Å². The fraction of sp³-hybridized carbons (Fsp3) is 0. The van der Waals surface area contributed by atoms with E-state index in [1.807, 2.05) is 97.1 Å². The van der Waals surface area contributed by atoms with Gasteiger partial charge in [0.2, 0.25) is 0 Å². The van der Waals surface area contributed by atoms with Gasteiger partial charge in [-0.1, -0.05) is 84.9 Å². The Morgan fingerprint density at radius 2 is 0.900 bits per heavy atom. The standard InChI is InChI=1S/C45H25N5/c46-26-29-17-21-45-39(23-29)37-12-4-8-16-44(37)50(45)43-15-7-3-11-36(43)38-25-31(18-19-32(38)27-47)30-20-22-40(33(24-30)28-48)49-41-13-5-1-9-34(41)35-10-2-6-14-42(35)49/h1-25H. The molecular weight excluding hydrogens is 611 g/mol. The first-order valence-corrected chi connectivity index (χ1v) is 16.3. The van der Waals surface area contributed by atoms with Crippen molar-refractivity contribution in [1.82, 2.24) is 9.13 Å². The van der Waals surface area contributed by atoms with Crippen LogP contribution >= 0.6 is 0 Å². The second kappa shape index (κ2) is 11.4. The highest BCUT2D eigenvalue weighted by Crippen LogP contribution is 2.39. The molecule has 0 atom stereocenters. The molecule has 0 bridgehead atoms. The average Bonchev–Trinajstić information content (AvgIpc) is 3.70. The minimum Gasteiger partial charge on any atom is -0.309 e. The van der Waals surface area contributed by atoms with E-state index in [-0.39, 0.29) is 0 Å². The number of nitriles is 3. The zero-order chi connectivity index (χ0) is 33.8. The molecule has 50 heavy (non-hydrogen) atoms. The van der Waals surface area contributed by atoms with Crippen LogP contribution in [0.2, 0.25) is 0 Å². The highest BCUT2D eigenvalue weighted by molar-refractivity contribution is 6.11. The van der Waals surface area contributed by atoms with Gasteiger partial charge in [-0.15, -0.1) is 0 Å². The zero-order valence-corrected chi connectivity index (χ0v) is 26.7. The van der Waals surface area contributed by atoms with E-state index in [1.54, 1.807) is 0 Å². The van der Waals surface area contributed by atoms with Gasteiger partial charge in [0.1, 0.15) is 6.07 Å². The topological polar surface area (TPSA) is 81.2 Å². The SMILES string of the molecule is N#Cc1ccc2c(c1)c1ccccc1n2-c1ccccc1-c1cc(-c2ccc(-n3c4ccccc4c4ccccc43)c(C#N)c2)ccc1C#N. The van der Waals surface area contributed by atoms with Gasteiger partial charge in [0, 0.05) is 32.7 Å². The molecule has 2 aromatic heterocycles. The fourth-order valence-electron chi connectivity index (χ4n) is 7.42. The van der Waals surface area contributed by atoms with Crippen LogP contribution in [-0.4, -0.2) is 9.13 Å². The smallest absolute Gasteiger partial charge is 0.101 e. The average molecular weight is 636 g/mol. The van der Waals surface area contributed by atoms with Crippen LogP contribution in [-0.2, 0) is 0 Å². The Labute approximate surface area is 287 Å². The Balaban J connectivity index is 1.22. The third-order valence-electron chi connectivity index (χ3n) is 9.65. The number of fused-ring (bicyclic) bond motifs is 6. The summed E-state index contributed by atoms with van der Waals surface area (Å²) >= 11 is 0. The van der Waals surface area contributed by atoms with Crippen LogP contribution in [0.5, 0.6) is 0 Å². The van der Waals surface area contributed by atoms with Gasteiger partial charge in [-0.3, -0.25) is 0 Å². The molecule has 5 nitrogen and oxygen atoms in total. The normalized spacial score (nSPS) is 11.1. The highest BCUT2D eigenvalue weighted by atomic mass is 15.0. The van der Waals surface area contributed by atoms with Crippen molar-refractivity contribution in [1.29, 1.82) is 15.8 Å². The lowest BCUT2D eigenvalue weighted by atomic mass is 9.93. The van der Waals surface area contributed by atoms with E-state index < -0.39 is 0 Å². The molecular formula is C45H25N5. The van der Waals surface area contributed by atoms with Crippen LogP contribution in [0.1, 0.15) is 16.7 Å². The number of aromatic nitrogens is 2. The third-order valence-corrected chi connectivity index (χ3v) is 9.65. The van der Waals surface area contributed by atoms with Crippen molar-refractivity contribution in [3.63, 3.8) is 0 Å². The zero-order valence-electron chi connectivity index (χ0n) is 26.7. The molecule has 0 N–H and O–H groups in total. The third kappa shape index (κ3) is 4.31. The summed E-state index contributed by atoms with van der Waals surface area (Å²) in [6.45, 7) is 0. The van der Waals surface area contributed by atoms with Gasteiger partial charge in [0.25, 0.3) is 0 Å². The first-order chi connectivity index (χ1) is 24.7. The van der Waals surface area contributed by atoms with Gasteiger partial charge in [0.15, 0.2) is 0 Å². The Hall–Kier alpha value is -7.39. The second-order valence-electron chi connectivity index (χ2n) is 12.3. The predicted molar refractivity (Wildman–Crippen MR) is 200 cm³/mol. The molecule has 9 rings (SSSR count). The summed E-state index contributed by atoms with van der Waals surface area (Å²) in [6, 6.07) is 57.7. The van der Waals surface area contributed by atoms with Crippen molar-refractivity contribution in [2.45, 2.75) is 0 Å². The minimum absolute atomic E-state index is 0.552. The summed E-state index contributed by atoms with van der Waals surface area (Å²) in [5, 5.41) is 34.8. The summed E-state index contributed by atoms with van der Waals surface area (Å²) < 4.78 is 4.38. The van der Waals surface area contributed by atoms with Crippen molar-refractivity contribution in [3.05, 3.63) is 168 Å². The number of nitrogens with zero attached hydrogens (tertiary/aromatic N) is 5. The maximum absolute atomic E-state index is 10.5. The molecule has 0 saturated carbocycles. The molecule has 0 radical (unpaired) electrons. The molecule has 0 saturated heterocycles. The Bertz CT molecular complexity index is 2920. The van der Waals surface area contributed by atoms with E-state index in [1.165, 1.54) is 0 Å². The lowest BCUT2D eigenvalue weighted by Crippen LogP contribution is -1.99. The van der Waals surface area contributed by atoms with Crippen LogP contribution in [0.4, 0.5) is 0 Å². The summed E-state index contributed by atoms with van der Waals surface area (Å²) in [4.78, 5) is 0. The van der Waals surface area contributed by atoms with E-state index in [0.717, 1.165) is 77.2 Å². The quantitative estimate of drug-likeness (QED) is 0.193. The van der Waals surface area contributed by atoms with Crippen LogP contribution in [0.25, 0.3) is 77.2 Å². The van der Waals surface area contributed by atoms with Crippen molar-refractivity contribution in [3.8, 4) is 51.8 Å². The predicted octanol–water partition coefficient (Wildman–Crippen LogP) is 10.8. The van der Waals surface area contributed by atoms with E-state index in [4.69, 9.17) is 0 Å². The summed E-state index contributed by atoms with van der Waals surface area (Å²) in [7, 11) is 0. The van der Waals surface area contributed by atoms with Crippen LogP contribution in [0.15, 0.2) is 152 Å². The number of para-hydroxylation sites is 4. The highest BCUT2D eigenvalue weighted by Gasteiger charge is 2.19. The number of hydrogen-bond acceptors (Lipinski definition) is 3. The van der Waals surface area contributed by atoms with E-state index >= 15 is 0 Å². The number of benzene rings is 7. The number of rotatable bonds is 4. The van der Waals surface area contributed by atoms with E-state index in [9.17, 15) is 15.8 Å². The lowest BCUT2D eigenvalue weighted by Gasteiger charge is -2.16. The van der Waals surface area contributed by atoms with Crippen LogP contribution < -0.4 is 0 Å². The van der Waals surface area contributed by atoms with Gasteiger partial charge >= 0.3 is 0 Å². The monoisotopic (exact) mass is 635 g/mol. The molecule has 0 spiro atoms. The minimum atomic E-state index is 0.552. The molecule has 9 aromatic rings. The lowest BCUT2D eigenvalue weighted by molar-refractivity contribution is 1.17. The Kier molecular flexibility index (Phi) is 6.56. The second-order valence-corrected chi connectivity index (χ2v) is 12.3. The molecule has 0 aliphatic heterocycles. The molecule has 0 amide bonds. The summed E-state index contributed by atoms with van der Waals surface area (Å²) in [5.41, 5.74) is 11.0. The molecule has 5 heteroatoms. The largest absolute Gasteiger partial charge is 0.309 e. The Morgan fingerprint density at radius 3 is 1.56 bits per heavy atom. The molecule has 0 aliphatic carbocycles. The van der Waals surface area contributed by atoms with Gasteiger partial charge in [-0.05, 0) is 77.9 Å². The van der Waals surface area contributed by atoms with Crippen LogP contribution in [0, 0.1) is 34.0 Å². The van der Waals surface area contributed by atoms with Crippen molar-refractivity contribution in [2.24, 2.45) is 0 Å². The van der Waals surface area contributed by atoms with Crippen LogP contribution in [0.3, 0.4) is 0 Å². The molecule has 0 unspecified atom stereocenters. The first-order valence-electron chi connectivity index (χ1n) is 16.3. The van der Waals surface area contributed by atoms with Gasteiger partial charge in [-0.25, -0.2) is 0 Å². The van der Waals surface area contributed by atoms with Gasteiger partial charge in [0.05, 0.1) is 62.3 Å². The Morgan fingerprint density at radius 1 is 0.360 bits per heavy atom. The van der Waals surface area contributed by atoms with E-state index in [0.29, 0.717) is 16.7 Å². The maximum atomic E-state index is 10.5. The van der Waals surface area contributed by atoms with Gasteiger partial charge in [-0.2, -0.15) is 15.8 Å². The molecule has 230 valence electrons. The summed E-state index contributed by atoms with van der Waals surface area (Å²) in [5.74, 6) is 0. The maximum Gasteiger partial charge on any atom is 0.101 e. The van der Waals surface area contributed by atoms with Crippen molar-refractivity contribution in [2.75, 3.05) is 0 Å². The summed E-state index contributed by atoms with van der Waals surface area (Å²) in [6.07, 6.45) is 0. The molecule has 2 heterocycles. The number of hydrogen-bond donors (Lipinski definition) is 0. The van der Waals surface area contributed by atoms with E-state index in [2.05, 4.69) is 81.9 Å². The molecule has 7 aromatic carbocycles. The molecule has 0 fully saturated rings. The van der Waals surface area contributed by atoms with Gasteiger partial charge < -0.3 is 9.13 Å². The molecule has 0 aliphatic rings. The first kappa shape index (κ1) is 28.8. The van der Waals surface area contributed by atoms with Crippen molar-refractivity contribution < 1.29 is 0 Å².